The third-order valence-corrected chi connectivity index (χ3v) is 4.36. The Morgan fingerprint density at radius 1 is 1.35 bits per heavy atom. The molecular weight excluding hydrogens is 268 g/mol. The Kier molecular flexibility index (Phi) is 5.05. The SMILES string of the molecule is CSCC[C@@H](C)N(C)Cc1cn2c(C)cc(C)nc2n1. The third kappa shape index (κ3) is 3.52. The minimum atomic E-state index is 0.572. The second kappa shape index (κ2) is 6.59. The molecule has 0 spiro atoms. The highest BCUT2D eigenvalue weighted by Gasteiger charge is 2.12. The van der Waals surface area contributed by atoms with Crippen molar-refractivity contribution in [1.29, 1.82) is 0 Å². The van der Waals surface area contributed by atoms with Gasteiger partial charge >= 0.3 is 0 Å². The fourth-order valence-corrected chi connectivity index (χ4v) is 2.89. The summed E-state index contributed by atoms with van der Waals surface area (Å²) in [6.45, 7) is 7.26. The van der Waals surface area contributed by atoms with E-state index < -0.39 is 0 Å². The largest absolute Gasteiger partial charge is 0.298 e. The van der Waals surface area contributed by atoms with E-state index in [0.29, 0.717) is 6.04 Å². The van der Waals surface area contributed by atoms with Crippen LogP contribution in [-0.2, 0) is 6.54 Å². The van der Waals surface area contributed by atoms with Crippen LogP contribution in [0.25, 0.3) is 5.78 Å². The summed E-state index contributed by atoms with van der Waals surface area (Å²) >= 11 is 1.90. The Labute approximate surface area is 125 Å². The molecule has 0 amide bonds. The van der Waals surface area contributed by atoms with Crippen LogP contribution in [0.2, 0.25) is 0 Å². The van der Waals surface area contributed by atoms with Gasteiger partial charge in [-0.2, -0.15) is 11.8 Å². The molecule has 0 N–H and O–H groups in total. The normalized spacial score (nSPS) is 13.3. The first kappa shape index (κ1) is 15.3. The number of aryl methyl sites for hydroxylation is 2. The zero-order chi connectivity index (χ0) is 14.7. The van der Waals surface area contributed by atoms with Crippen molar-refractivity contribution in [3.63, 3.8) is 0 Å². The molecular formula is C15H24N4S. The van der Waals surface area contributed by atoms with Crippen LogP contribution in [0.3, 0.4) is 0 Å². The highest BCUT2D eigenvalue weighted by molar-refractivity contribution is 7.98. The minimum absolute atomic E-state index is 0.572. The van der Waals surface area contributed by atoms with Crippen LogP contribution in [0.1, 0.15) is 30.4 Å². The summed E-state index contributed by atoms with van der Waals surface area (Å²) in [5, 5.41) is 0. The van der Waals surface area contributed by atoms with Crippen molar-refractivity contribution in [3.8, 4) is 0 Å². The number of nitrogens with zero attached hydrogens (tertiary/aromatic N) is 4. The van der Waals surface area contributed by atoms with E-state index in [-0.39, 0.29) is 0 Å². The second-order valence-electron chi connectivity index (χ2n) is 5.49. The van der Waals surface area contributed by atoms with Crippen molar-refractivity contribution < 1.29 is 0 Å². The molecule has 2 heterocycles. The zero-order valence-corrected chi connectivity index (χ0v) is 13.9. The highest BCUT2D eigenvalue weighted by atomic mass is 32.2. The molecule has 0 fully saturated rings. The fraction of sp³-hybridized carbons (Fsp3) is 0.600. The number of rotatable bonds is 6. The van der Waals surface area contributed by atoms with Crippen LogP contribution >= 0.6 is 11.8 Å². The van der Waals surface area contributed by atoms with Gasteiger partial charge in [-0.3, -0.25) is 9.30 Å². The molecule has 0 aliphatic heterocycles. The van der Waals surface area contributed by atoms with Gasteiger partial charge in [0, 0.05) is 30.2 Å². The Morgan fingerprint density at radius 3 is 2.80 bits per heavy atom. The predicted octanol–water partition coefficient (Wildman–Crippen LogP) is 2.92. The van der Waals surface area contributed by atoms with Crippen LogP contribution in [0.5, 0.6) is 0 Å². The zero-order valence-electron chi connectivity index (χ0n) is 13.1. The summed E-state index contributed by atoms with van der Waals surface area (Å²) < 4.78 is 2.07. The number of hydrogen-bond acceptors (Lipinski definition) is 4. The van der Waals surface area contributed by atoms with Crippen molar-refractivity contribution in [3.05, 3.63) is 29.3 Å². The minimum Gasteiger partial charge on any atom is -0.298 e. The van der Waals surface area contributed by atoms with Crippen molar-refractivity contribution in [2.75, 3.05) is 19.1 Å². The number of fused-ring (bicyclic) bond motifs is 1. The molecule has 20 heavy (non-hydrogen) atoms. The average molecular weight is 292 g/mol. The quantitative estimate of drug-likeness (QED) is 0.819. The number of hydrogen-bond donors (Lipinski definition) is 0. The molecule has 0 aromatic carbocycles. The lowest BCUT2D eigenvalue weighted by Gasteiger charge is -2.23. The van der Waals surface area contributed by atoms with E-state index in [1.165, 1.54) is 17.9 Å². The molecule has 4 nitrogen and oxygen atoms in total. The van der Waals surface area contributed by atoms with Crippen molar-refractivity contribution in [1.82, 2.24) is 19.3 Å². The van der Waals surface area contributed by atoms with E-state index in [2.05, 4.69) is 58.7 Å². The first-order valence-electron chi connectivity index (χ1n) is 7.02. The topological polar surface area (TPSA) is 33.4 Å². The summed E-state index contributed by atoms with van der Waals surface area (Å²) in [6, 6.07) is 2.66. The van der Waals surface area contributed by atoms with Crippen LogP contribution in [0, 0.1) is 13.8 Å². The lowest BCUT2D eigenvalue weighted by Crippen LogP contribution is -2.29. The van der Waals surface area contributed by atoms with E-state index in [1.54, 1.807) is 0 Å². The Morgan fingerprint density at radius 2 is 2.10 bits per heavy atom. The maximum atomic E-state index is 4.64. The maximum Gasteiger partial charge on any atom is 0.234 e. The monoisotopic (exact) mass is 292 g/mol. The Balaban J connectivity index is 2.12. The Hall–Kier alpha value is -1.07. The highest BCUT2D eigenvalue weighted by Crippen LogP contribution is 2.12. The fourth-order valence-electron chi connectivity index (χ4n) is 2.31. The summed E-state index contributed by atoms with van der Waals surface area (Å²) in [4.78, 5) is 11.5. The van der Waals surface area contributed by atoms with Crippen LogP contribution in [0.15, 0.2) is 12.3 Å². The molecule has 5 heteroatoms. The standard InChI is InChI=1S/C15H24N4S/c1-11-8-13(3)19-10-14(17-15(19)16-11)9-18(4)12(2)6-7-20-5/h8,10,12H,6-7,9H2,1-5H3/t12-/m1/s1. The summed E-state index contributed by atoms with van der Waals surface area (Å²) in [5.74, 6) is 2.01. The van der Waals surface area contributed by atoms with E-state index in [9.17, 15) is 0 Å². The lowest BCUT2D eigenvalue weighted by atomic mass is 10.2. The summed E-state index contributed by atoms with van der Waals surface area (Å²) in [7, 11) is 2.17. The van der Waals surface area contributed by atoms with Gasteiger partial charge in [-0.1, -0.05) is 0 Å². The lowest BCUT2D eigenvalue weighted by molar-refractivity contribution is 0.242. The third-order valence-electron chi connectivity index (χ3n) is 3.71. The predicted molar refractivity (Wildman–Crippen MR) is 86.4 cm³/mol. The number of aromatic nitrogens is 3. The van der Waals surface area contributed by atoms with Gasteiger partial charge in [0.05, 0.1) is 5.69 Å². The maximum absolute atomic E-state index is 4.64. The van der Waals surface area contributed by atoms with Gasteiger partial charge < -0.3 is 0 Å². The molecule has 0 bridgehead atoms. The summed E-state index contributed by atoms with van der Waals surface area (Å²) in [6.07, 6.45) is 5.47. The van der Waals surface area contributed by atoms with E-state index in [1.807, 2.05) is 18.7 Å². The van der Waals surface area contributed by atoms with Crippen LogP contribution in [0.4, 0.5) is 0 Å². The molecule has 2 aromatic rings. The molecule has 0 saturated carbocycles. The van der Waals surface area contributed by atoms with Gasteiger partial charge in [0.15, 0.2) is 0 Å². The van der Waals surface area contributed by atoms with Crippen molar-refractivity contribution >= 4 is 17.5 Å². The van der Waals surface area contributed by atoms with Gasteiger partial charge in [0.1, 0.15) is 0 Å². The molecule has 0 aliphatic rings. The van der Waals surface area contributed by atoms with Gasteiger partial charge in [-0.15, -0.1) is 0 Å². The first-order chi connectivity index (χ1) is 9.51. The number of thioether (sulfide) groups is 1. The Bertz CT molecular complexity index is 579. The van der Waals surface area contributed by atoms with Gasteiger partial charge in [-0.05, 0) is 52.3 Å². The van der Waals surface area contributed by atoms with Crippen molar-refractivity contribution in [2.45, 2.75) is 39.8 Å². The molecule has 0 radical (unpaired) electrons. The molecule has 0 aliphatic carbocycles. The van der Waals surface area contributed by atoms with Gasteiger partial charge in [0.25, 0.3) is 0 Å². The molecule has 2 rings (SSSR count). The molecule has 0 unspecified atom stereocenters. The van der Waals surface area contributed by atoms with Crippen LogP contribution in [-0.4, -0.2) is 44.4 Å². The van der Waals surface area contributed by atoms with E-state index in [0.717, 1.165) is 23.7 Å². The second-order valence-corrected chi connectivity index (χ2v) is 6.47. The molecule has 0 saturated heterocycles. The van der Waals surface area contributed by atoms with Gasteiger partial charge in [0.2, 0.25) is 5.78 Å². The average Bonchev–Trinajstić information content (AvgIpc) is 2.78. The first-order valence-corrected chi connectivity index (χ1v) is 8.42. The van der Waals surface area contributed by atoms with E-state index in [4.69, 9.17) is 0 Å². The molecule has 110 valence electrons. The van der Waals surface area contributed by atoms with E-state index >= 15 is 0 Å². The van der Waals surface area contributed by atoms with Crippen LogP contribution < -0.4 is 0 Å². The van der Waals surface area contributed by atoms with Crippen molar-refractivity contribution in [2.24, 2.45) is 0 Å². The molecule has 1 atom stereocenters. The number of imidazole rings is 1. The smallest absolute Gasteiger partial charge is 0.234 e. The molecule has 2 aromatic heterocycles. The van der Waals surface area contributed by atoms with Gasteiger partial charge in [-0.25, -0.2) is 9.97 Å². The summed E-state index contributed by atoms with van der Waals surface area (Å²) in [5.41, 5.74) is 3.29.